The third kappa shape index (κ3) is 1.38. The smallest absolute Gasteiger partial charge is 0.152 e. The summed E-state index contributed by atoms with van der Waals surface area (Å²) in [5.74, 6) is 0. The lowest BCUT2D eigenvalue weighted by molar-refractivity contribution is 0.109. The summed E-state index contributed by atoms with van der Waals surface area (Å²) in [6, 6.07) is 0. The number of aryl methyl sites for hydroxylation is 1. The van der Waals surface area contributed by atoms with Gasteiger partial charge in [0.15, 0.2) is 12.6 Å². The number of nitrogens with zero attached hydrogens (tertiary/aromatic N) is 1. The third-order valence-electron chi connectivity index (χ3n) is 1.55. The van der Waals surface area contributed by atoms with Gasteiger partial charge in [-0.15, -0.1) is 12.6 Å². The van der Waals surface area contributed by atoms with E-state index in [0.29, 0.717) is 28.7 Å². The van der Waals surface area contributed by atoms with Crippen molar-refractivity contribution in [1.29, 1.82) is 0 Å². The Morgan fingerprint density at radius 3 is 2.58 bits per heavy atom. The van der Waals surface area contributed by atoms with Crippen molar-refractivity contribution in [3.05, 3.63) is 23.0 Å². The number of carbonyl (C=O) groups excluding carboxylic acids is 2. The summed E-state index contributed by atoms with van der Waals surface area (Å²) in [6.45, 7) is 1.73. The zero-order valence-corrected chi connectivity index (χ0v) is 7.34. The summed E-state index contributed by atoms with van der Waals surface area (Å²) in [5, 5.41) is 0. The maximum absolute atomic E-state index is 10.5. The molecule has 0 saturated heterocycles. The zero-order valence-electron chi connectivity index (χ0n) is 6.44. The summed E-state index contributed by atoms with van der Waals surface area (Å²) in [4.78, 5) is 25.3. The second kappa shape index (κ2) is 3.49. The predicted molar refractivity (Wildman–Crippen MR) is 47.0 cm³/mol. The van der Waals surface area contributed by atoms with E-state index in [4.69, 9.17) is 0 Å². The summed E-state index contributed by atoms with van der Waals surface area (Å²) in [5.41, 5.74) is 1.23. The minimum absolute atomic E-state index is 0.278. The fraction of sp³-hybridized carbons (Fsp3) is 0.125. The lowest BCUT2D eigenvalue weighted by Gasteiger charge is -2.02. The van der Waals surface area contributed by atoms with Gasteiger partial charge in [-0.05, 0) is 6.92 Å². The number of hydrogen-bond donors (Lipinski definition) is 1. The Morgan fingerprint density at radius 2 is 2.08 bits per heavy atom. The molecule has 0 aliphatic rings. The van der Waals surface area contributed by atoms with E-state index >= 15 is 0 Å². The third-order valence-corrected chi connectivity index (χ3v) is 2.12. The van der Waals surface area contributed by atoms with Crippen LogP contribution in [0.4, 0.5) is 0 Å². The topological polar surface area (TPSA) is 47.0 Å². The molecule has 12 heavy (non-hydrogen) atoms. The number of thiol groups is 1. The van der Waals surface area contributed by atoms with Crippen LogP contribution in [-0.4, -0.2) is 17.6 Å². The number of aldehydes is 2. The fourth-order valence-corrected chi connectivity index (χ4v) is 1.09. The molecule has 0 bridgehead atoms. The molecule has 0 aliphatic heterocycles. The van der Waals surface area contributed by atoms with Crippen molar-refractivity contribution in [3.8, 4) is 0 Å². The first kappa shape index (κ1) is 8.93. The summed E-state index contributed by atoms with van der Waals surface area (Å²) < 4.78 is 0. The van der Waals surface area contributed by atoms with Gasteiger partial charge in [0.05, 0.1) is 5.69 Å². The van der Waals surface area contributed by atoms with Crippen LogP contribution in [0.25, 0.3) is 0 Å². The molecule has 4 heteroatoms. The fourth-order valence-electron chi connectivity index (χ4n) is 0.846. The Hall–Kier alpha value is -1.16. The first-order chi connectivity index (χ1) is 5.70. The molecule has 0 N–H and O–H groups in total. The van der Waals surface area contributed by atoms with Crippen molar-refractivity contribution in [3.63, 3.8) is 0 Å². The molecule has 0 unspecified atom stereocenters. The van der Waals surface area contributed by atoms with E-state index in [0.717, 1.165) is 0 Å². The summed E-state index contributed by atoms with van der Waals surface area (Å²) in [7, 11) is 0. The average molecular weight is 181 g/mol. The lowest BCUT2D eigenvalue weighted by atomic mass is 10.1. The molecule has 1 rings (SSSR count). The number of carbonyl (C=O) groups is 2. The molecule has 0 amide bonds. The van der Waals surface area contributed by atoms with E-state index in [2.05, 4.69) is 17.6 Å². The number of hydrogen-bond acceptors (Lipinski definition) is 4. The zero-order chi connectivity index (χ0) is 9.14. The average Bonchev–Trinajstić information content (AvgIpc) is 2.09. The molecule has 0 aliphatic carbocycles. The number of aromatic nitrogens is 1. The number of rotatable bonds is 2. The quantitative estimate of drug-likeness (QED) is 0.552. The van der Waals surface area contributed by atoms with Crippen molar-refractivity contribution in [2.75, 3.05) is 0 Å². The minimum atomic E-state index is 0.278. The Kier molecular flexibility index (Phi) is 2.60. The van der Waals surface area contributed by atoms with E-state index in [1.165, 1.54) is 6.20 Å². The van der Waals surface area contributed by atoms with Gasteiger partial charge in [0.1, 0.15) is 0 Å². The van der Waals surface area contributed by atoms with Crippen molar-refractivity contribution < 1.29 is 9.59 Å². The molecule has 0 radical (unpaired) electrons. The summed E-state index contributed by atoms with van der Waals surface area (Å²) in [6.07, 6.45) is 2.57. The molecular weight excluding hydrogens is 174 g/mol. The largest absolute Gasteiger partial charge is 0.298 e. The van der Waals surface area contributed by atoms with Crippen LogP contribution in [-0.2, 0) is 0 Å². The molecule has 0 fully saturated rings. The van der Waals surface area contributed by atoms with Crippen LogP contribution >= 0.6 is 12.6 Å². The van der Waals surface area contributed by atoms with Gasteiger partial charge >= 0.3 is 0 Å². The van der Waals surface area contributed by atoms with E-state index < -0.39 is 0 Å². The van der Waals surface area contributed by atoms with Gasteiger partial charge in [-0.3, -0.25) is 14.6 Å². The molecule has 3 nitrogen and oxygen atoms in total. The van der Waals surface area contributed by atoms with Crippen LogP contribution in [0.1, 0.15) is 26.4 Å². The second-order valence-corrected chi connectivity index (χ2v) is 2.74. The van der Waals surface area contributed by atoms with Crippen molar-refractivity contribution in [2.45, 2.75) is 11.8 Å². The standard InChI is InChI=1S/C8H7NO2S/c1-5-8(12)7(4-11)6(3-10)2-9-5/h2-4,12H,1H3. The van der Waals surface area contributed by atoms with Gasteiger partial charge in [-0.1, -0.05) is 0 Å². The van der Waals surface area contributed by atoms with Crippen LogP contribution in [0.5, 0.6) is 0 Å². The SMILES string of the molecule is Cc1ncc(C=O)c(C=O)c1S. The molecule has 1 heterocycles. The molecular formula is C8H7NO2S. The summed E-state index contributed by atoms with van der Waals surface area (Å²) >= 11 is 4.06. The van der Waals surface area contributed by atoms with Gasteiger partial charge in [-0.2, -0.15) is 0 Å². The molecule has 62 valence electrons. The maximum Gasteiger partial charge on any atom is 0.152 e. The second-order valence-electron chi connectivity index (χ2n) is 2.30. The molecule has 0 spiro atoms. The normalized spacial score (nSPS) is 9.50. The monoisotopic (exact) mass is 181 g/mol. The van der Waals surface area contributed by atoms with Crippen LogP contribution < -0.4 is 0 Å². The predicted octanol–water partition coefficient (Wildman–Crippen LogP) is 1.30. The molecule has 1 aromatic heterocycles. The van der Waals surface area contributed by atoms with Crippen LogP contribution in [0.3, 0.4) is 0 Å². The molecule has 0 saturated carbocycles. The van der Waals surface area contributed by atoms with Gasteiger partial charge in [0, 0.05) is 22.2 Å². The van der Waals surface area contributed by atoms with E-state index in [9.17, 15) is 9.59 Å². The first-order valence-electron chi connectivity index (χ1n) is 3.29. The maximum atomic E-state index is 10.5. The van der Waals surface area contributed by atoms with Gasteiger partial charge < -0.3 is 0 Å². The highest BCUT2D eigenvalue weighted by molar-refractivity contribution is 7.80. The van der Waals surface area contributed by atoms with Crippen LogP contribution in [0.2, 0.25) is 0 Å². The van der Waals surface area contributed by atoms with E-state index in [1.54, 1.807) is 6.92 Å². The highest BCUT2D eigenvalue weighted by Gasteiger charge is 2.07. The lowest BCUT2D eigenvalue weighted by Crippen LogP contribution is -1.97. The highest BCUT2D eigenvalue weighted by Crippen LogP contribution is 2.17. The Morgan fingerprint density at radius 1 is 1.42 bits per heavy atom. The Balaban J connectivity index is 3.45. The van der Waals surface area contributed by atoms with Crippen LogP contribution in [0, 0.1) is 6.92 Å². The van der Waals surface area contributed by atoms with Crippen LogP contribution in [0.15, 0.2) is 11.1 Å². The molecule has 1 aromatic rings. The van der Waals surface area contributed by atoms with Gasteiger partial charge in [0.25, 0.3) is 0 Å². The van der Waals surface area contributed by atoms with Crippen molar-refractivity contribution >= 4 is 25.2 Å². The first-order valence-corrected chi connectivity index (χ1v) is 3.74. The molecule has 0 aromatic carbocycles. The molecule has 0 atom stereocenters. The van der Waals surface area contributed by atoms with Crippen molar-refractivity contribution in [2.24, 2.45) is 0 Å². The van der Waals surface area contributed by atoms with Gasteiger partial charge in [0.2, 0.25) is 0 Å². The minimum Gasteiger partial charge on any atom is -0.298 e. The highest BCUT2D eigenvalue weighted by atomic mass is 32.1. The number of pyridine rings is 1. The van der Waals surface area contributed by atoms with Crippen molar-refractivity contribution in [1.82, 2.24) is 4.98 Å². The van der Waals surface area contributed by atoms with E-state index in [-0.39, 0.29) is 5.56 Å². The van der Waals surface area contributed by atoms with E-state index in [1.807, 2.05) is 0 Å². The van der Waals surface area contributed by atoms with Gasteiger partial charge in [-0.25, -0.2) is 0 Å². The Bertz CT molecular complexity index is 336. The Labute approximate surface area is 75.2 Å².